The van der Waals surface area contributed by atoms with E-state index in [0.29, 0.717) is 0 Å². The predicted molar refractivity (Wildman–Crippen MR) is 102 cm³/mol. The van der Waals surface area contributed by atoms with Crippen LogP contribution in [0, 0.1) is 5.82 Å². The van der Waals surface area contributed by atoms with Crippen molar-refractivity contribution in [1.29, 1.82) is 0 Å². The summed E-state index contributed by atoms with van der Waals surface area (Å²) in [5, 5.41) is 0. The van der Waals surface area contributed by atoms with E-state index in [1.165, 1.54) is 0 Å². The average molecular weight is 539 g/mol. The van der Waals surface area contributed by atoms with E-state index < -0.39 is 78.1 Å². The molecule has 34 heavy (non-hydrogen) atoms. The molecule has 0 fully saturated rings. The fraction of sp³-hybridized carbons (Fsp3) is 0.312. The van der Waals surface area contributed by atoms with Gasteiger partial charge in [0.05, 0.1) is 12.8 Å². The molecule has 2 heterocycles. The quantitative estimate of drug-likeness (QED) is 0.263. The van der Waals surface area contributed by atoms with Gasteiger partial charge in [0.2, 0.25) is 5.88 Å². The van der Waals surface area contributed by atoms with Crippen LogP contribution in [0.3, 0.4) is 0 Å². The van der Waals surface area contributed by atoms with Crippen LogP contribution >= 0.6 is 0 Å². The first-order valence-corrected chi connectivity index (χ1v) is 12.1. The molecular weight excluding hydrogens is 527 g/mol. The average Bonchev–Trinajstić information content (AvgIpc) is 3.02. The molecule has 0 spiro atoms. The molecule has 2 aromatic rings. The van der Waals surface area contributed by atoms with Gasteiger partial charge in [-0.1, -0.05) is 10.1 Å². The number of halogens is 7. The minimum Gasteiger partial charge on any atom is -0.494 e. The molecule has 0 saturated carbocycles. The Balaban J connectivity index is 2.17. The monoisotopic (exact) mass is 539 g/mol. The normalized spacial score (nSPS) is 16.5. The van der Waals surface area contributed by atoms with Gasteiger partial charge in [0.25, 0.3) is 0 Å². The lowest BCUT2D eigenvalue weighted by atomic mass is 10.1. The molecule has 1 aliphatic heterocycles. The Bertz CT molecular complexity index is 1330. The summed E-state index contributed by atoms with van der Waals surface area (Å²) in [6.07, 6.45) is -5.44. The molecule has 0 aliphatic carbocycles. The van der Waals surface area contributed by atoms with E-state index in [1.54, 1.807) is 0 Å². The first kappa shape index (κ1) is 25.8. The molecule has 1 aliphatic rings. The number of carbonyl (C=O) groups excluding carboxylic acids is 1. The fourth-order valence-electron chi connectivity index (χ4n) is 2.80. The predicted octanol–water partition coefficient (Wildman–Crippen LogP) is 3.17. The summed E-state index contributed by atoms with van der Waals surface area (Å²) in [7, 11) is -9.38. The van der Waals surface area contributed by atoms with E-state index in [0.717, 1.165) is 25.3 Å². The number of hydrogen-bond acceptors (Lipinski definition) is 7. The second-order valence-corrected chi connectivity index (χ2v) is 10.8. The Morgan fingerprint density at radius 2 is 1.79 bits per heavy atom. The number of alkyl halides is 6. The maximum atomic E-state index is 14.1. The number of rotatable bonds is 4. The van der Waals surface area contributed by atoms with Gasteiger partial charge in [0.1, 0.15) is 0 Å². The zero-order chi connectivity index (χ0) is 25.7. The molecule has 1 aromatic carbocycles. The summed E-state index contributed by atoms with van der Waals surface area (Å²) < 4.78 is 135. The molecule has 0 radical (unpaired) electrons. The second-order valence-electron chi connectivity index (χ2n) is 6.71. The summed E-state index contributed by atoms with van der Waals surface area (Å²) in [6, 6.07) is 3.03. The van der Waals surface area contributed by atoms with Gasteiger partial charge in [-0.25, -0.2) is 9.37 Å². The van der Waals surface area contributed by atoms with Gasteiger partial charge in [0.15, 0.2) is 17.4 Å². The van der Waals surface area contributed by atoms with E-state index in [1.807, 2.05) is 0 Å². The van der Waals surface area contributed by atoms with Crippen LogP contribution in [0.25, 0.3) is 11.4 Å². The number of thiol groups is 1. The van der Waals surface area contributed by atoms with Crippen molar-refractivity contribution in [3.05, 3.63) is 35.3 Å². The third kappa shape index (κ3) is 5.12. The molecule has 1 N–H and O–H groups in total. The minimum atomic E-state index is -6.30. The molecule has 0 atom stereocenters. The highest BCUT2D eigenvalue weighted by atomic mass is 32.3. The largest absolute Gasteiger partial charge is 0.534 e. The molecule has 1 aromatic heterocycles. The van der Waals surface area contributed by atoms with Crippen molar-refractivity contribution < 1.29 is 57.4 Å². The molecular formula is C16H12F7N3O6S2. The Morgan fingerprint density at radius 3 is 2.32 bits per heavy atom. The van der Waals surface area contributed by atoms with Gasteiger partial charge in [-0.2, -0.15) is 44.1 Å². The lowest BCUT2D eigenvalue weighted by Crippen LogP contribution is -2.29. The Morgan fingerprint density at radius 1 is 1.15 bits per heavy atom. The van der Waals surface area contributed by atoms with Gasteiger partial charge in [-0.3, -0.25) is 4.79 Å². The highest BCUT2D eigenvalue weighted by molar-refractivity contribution is 7.99. The Kier molecular flexibility index (Phi) is 6.38. The highest BCUT2D eigenvalue weighted by Crippen LogP contribution is 2.39. The lowest BCUT2D eigenvalue weighted by molar-refractivity contribution is -0.169. The van der Waals surface area contributed by atoms with E-state index in [-0.39, 0.29) is 11.3 Å². The summed E-state index contributed by atoms with van der Waals surface area (Å²) in [6.45, 7) is 0. The number of methoxy groups -OCH3 is 1. The van der Waals surface area contributed by atoms with Crippen molar-refractivity contribution in [2.45, 2.75) is 23.2 Å². The highest BCUT2D eigenvalue weighted by Gasteiger charge is 2.50. The molecule has 9 nitrogen and oxygen atoms in total. The van der Waals surface area contributed by atoms with Crippen molar-refractivity contribution in [1.82, 2.24) is 9.97 Å². The van der Waals surface area contributed by atoms with Crippen LogP contribution in [-0.2, 0) is 36.5 Å². The van der Waals surface area contributed by atoms with Crippen LogP contribution in [0.5, 0.6) is 11.6 Å². The number of nitrogens with zero attached hydrogens (tertiary/aromatic N) is 3. The van der Waals surface area contributed by atoms with Gasteiger partial charge in [-0.15, -0.1) is 0 Å². The SMILES string of the molecule is COc1ccc(-c2nc3c(c(OS(=O)(=O)C(F)(F)F)n2)C[SH](O)(=NC(=O)C(F)(F)F)C3)cc1F. The molecule has 0 unspecified atom stereocenters. The minimum absolute atomic E-state index is 0.201. The Labute approximate surface area is 186 Å². The first-order chi connectivity index (χ1) is 15.5. The number of ether oxygens (including phenoxy) is 1. The van der Waals surface area contributed by atoms with Gasteiger partial charge in [0, 0.05) is 22.6 Å². The van der Waals surface area contributed by atoms with Crippen LogP contribution < -0.4 is 8.92 Å². The number of amides is 1. The molecule has 3 rings (SSSR count). The maximum Gasteiger partial charge on any atom is 0.534 e. The van der Waals surface area contributed by atoms with Gasteiger partial charge >= 0.3 is 27.7 Å². The van der Waals surface area contributed by atoms with Crippen LogP contribution in [0.2, 0.25) is 0 Å². The molecule has 0 saturated heterocycles. The fourth-order valence-corrected chi connectivity index (χ4v) is 5.51. The number of aromatic nitrogens is 2. The maximum absolute atomic E-state index is 14.1. The molecule has 18 heteroatoms. The second kappa shape index (κ2) is 8.42. The van der Waals surface area contributed by atoms with Gasteiger partial charge < -0.3 is 13.5 Å². The zero-order valence-corrected chi connectivity index (χ0v) is 18.2. The summed E-state index contributed by atoms with van der Waals surface area (Å²) in [4.78, 5) is 18.6. The number of fused-ring (bicyclic) bond motifs is 1. The van der Waals surface area contributed by atoms with E-state index in [4.69, 9.17) is 4.74 Å². The van der Waals surface area contributed by atoms with Crippen molar-refractivity contribution in [3.8, 4) is 23.0 Å². The van der Waals surface area contributed by atoms with Crippen molar-refractivity contribution in [2.24, 2.45) is 4.36 Å². The number of hydrogen-bond donors (Lipinski definition) is 2. The Hall–Kier alpha value is -2.86. The molecule has 0 bridgehead atoms. The van der Waals surface area contributed by atoms with E-state index in [2.05, 4.69) is 18.5 Å². The van der Waals surface area contributed by atoms with Crippen molar-refractivity contribution in [3.63, 3.8) is 0 Å². The van der Waals surface area contributed by atoms with E-state index >= 15 is 0 Å². The zero-order valence-electron chi connectivity index (χ0n) is 16.5. The smallest absolute Gasteiger partial charge is 0.494 e. The van der Waals surface area contributed by atoms with E-state index in [9.17, 15) is 48.5 Å². The van der Waals surface area contributed by atoms with Crippen LogP contribution in [0.1, 0.15) is 11.3 Å². The topological polar surface area (TPSA) is 128 Å². The number of carbonyl (C=O) groups is 1. The molecule has 188 valence electrons. The van der Waals surface area contributed by atoms with Crippen LogP contribution in [-0.4, -0.2) is 47.6 Å². The van der Waals surface area contributed by atoms with Crippen LogP contribution in [0.15, 0.2) is 22.6 Å². The van der Waals surface area contributed by atoms with Gasteiger partial charge in [-0.05, 0) is 18.2 Å². The number of benzene rings is 1. The van der Waals surface area contributed by atoms with Crippen LogP contribution in [0.4, 0.5) is 30.7 Å². The third-order valence-electron chi connectivity index (χ3n) is 4.27. The molecule has 1 amide bonds. The van der Waals surface area contributed by atoms with Crippen molar-refractivity contribution in [2.75, 3.05) is 7.11 Å². The van der Waals surface area contributed by atoms with Crippen molar-refractivity contribution >= 4 is 26.1 Å². The standard InChI is InChI=1S/C16H12F7N3O6S2/c1-31-11-3-2-7(4-9(11)17)12-24-10-6-33(28,26-14(27)15(18,19)20)5-8(10)13(25-12)32-34(29,30)16(21,22)23/h2-4,33H,5-6H2,1H3,(H,26,27,28). The third-order valence-corrected chi connectivity index (χ3v) is 7.40. The summed E-state index contributed by atoms with van der Waals surface area (Å²) >= 11 is 0. The summed E-state index contributed by atoms with van der Waals surface area (Å²) in [5.74, 6) is -7.48. The summed E-state index contributed by atoms with van der Waals surface area (Å²) in [5.41, 5.74) is -7.13. The first-order valence-electron chi connectivity index (χ1n) is 8.64. The lowest BCUT2D eigenvalue weighted by Gasteiger charge is -2.16.